The molecule has 0 aromatic heterocycles. The van der Waals surface area contributed by atoms with Gasteiger partial charge < -0.3 is 20.1 Å². The molecule has 2 amide bonds. The first-order valence-electron chi connectivity index (χ1n) is 10.7. The Hall–Kier alpha value is -3.37. The Morgan fingerprint density at radius 2 is 1.82 bits per heavy atom. The zero-order valence-electron chi connectivity index (χ0n) is 19.2. The summed E-state index contributed by atoms with van der Waals surface area (Å²) in [7, 11) is 2.98. The number of nitro groups is 1. The Labute approximate surface area is 202 Å². The Morgan fingerprint density at radius 3 is 2.41 bits per heavy atom. The summed E-state index contributed by atoms with van der Waals surface area (Å²) in [5, 5.41) is 17.5. The minimum Gasteiger partial charge on any atom is -0.496 e. The van der Waals surface area contributed by atoms with Crippen LogP contribution in [-0.2, 0) is 11.3 Å². The van der Waals surface area contributed by atoms with Gasteiger partial charge in [-0.15, -0.1) is 0 Å². The summed E-state index contributed by atoms with van der Waals surface area (Å²) >= 11 is 6.13. The third-order valence-electron chi connectivity index (χ3n) is 5.63. The van der Waals surface area contributed by atoms with Gasteiger partial charge in [-0.3, -0.25) is 24.6 Å². The maximum Gasteiger partial charge on any atom is 0.293 e. The largest absolute Gasteiger partial charge is 0.496 e. The number of rotatable bonds is 8. The molecule has 0 unspecified atom stereocenters. The van der Waals surface area contributed by atoms with Crippen molar-refractivity contribution < 1.29 is 24.0 Å². The predicted molar refractivity (Wildman–Crippen MR) is 128 cm³/mol. The van der Waals surface area contributed by atoms with Gasteiger partial charge in [-0.05, 0) is 31.0 Å². The van der Waals surface area contributed by atoms with E-state index in [0.717, 1.165) is 30.5 Å². The van der Waals surface area contributed by atoms with Crippen LogP contribution in [0.4, 0.5) is 11.4 Å². The summed E-state index contributed by atoms with van der Waals surface area (Å²) in [5.74, 6) is -0.0256. The van der Waals surface area contributed by atoms with E-state index < -0.39 is 16.7 Å². The van der Waals surface area contributed by atoms with Crippen molar-refractivity contribution in [3.05, 3.63) is 56.6 Å². The lowest BCUT2D eigenvalue weighted by molar-refractivity contribution is -0.384. The number of carbonyl (C=O) groups is 2. The Kier molecular flexibility index (Phi) is 8.30. The van der Waals surface area contributed by atoms with E-state index in [2.05, 4.69) is 15.5 Å². The van der Waals surface area contributed by atoms with Crippen LogP contribution in [0.5, 0.6) is 11.5 Å². The average Bonchev–Trinajstić information content (AvgIpc) is 2.79. The second kappa shape index (κ2) is 11.2. The van der Waals surface area contributed by atoms with Crippen LogP contribution in [0.3, 0.4) is 0 Å². The molecule has 3 rings (SSSR count). The smallest absolute Gasteiger partial charge is 0.293 e. The molecule has 2 N–H and O–H groups in total. The lowest BCUT2D eigenvalue weighted by Crippen LogP contribution is -2.44. The number of benzene rings is 2. The molecule has 11 heteroatoms. The topological polar surface area (TPSA) is 123 Å². The van der Waals surface area contributed by atoms with Gasteiger partial charge in [0.05, 0.1) is 24.7 Å². The number of nitro benzene ring substituents is 1. The molecule has 0 aliphatic carbocycles. The summed E-state index contributed by atoms with van der Waals surface area (Å²) in [6, 6.07) is 7.83. The number of hydrogen-bond acceptors (Lipinski definition) is 7. The number of amides is 2. The molecule has 1 saturated heterocycles. The minimum absolute atomic E-state index is 0.0318. The number of ether oxygens (including phenoxy) is 2. The number of piperidine rings is 1. The van der Waals surface area contributed by atoms with Crippen molar-refractivity contribution in [2.45, 2.75) is 32.4 Å². The van der Waals surface area contributed by atoms with Gasteiger partial charge >= 0.3 is 0 Å². The van der Waals surface area contributed by atoms with Crippen LogP contribution in [0, 0.1) is 10.1 Å². The van der Waals surface area contributed by atoms with Crippen LogP contribution < -0.4 is 20.1 Å². The highest BCUT2D eigenvalue weighted by Gasteiger charge is 2.26. The lowest BCUT2D eigenvalue weighted by Gasteiger charge is -2.32. The summed E-state index contributed by atoms with van der Waals surface area (Å²) in [6.07, 6.45) is 1.42. The molecule has 2 aromatic rings. The molecular formula is C23H27ClN4O6. The highest BCUT2D eigenvalue weighted by atomic mass is 35.5. The molecule has 10 nitrogen and oxygen atoms in total. The van der Waals surface area contributed by atoms with Gasteiger partial charge in [0.1, 0.15) is 17.2 Å². The molecule has 182 valence electrons. The highest BCUT2D eigenvalue weighted by Crippen LogP contribution is 2.33. The number of nitrogens with zero attached hydrogens (tertiary/aromatic N) is 2. The van der Waals surface area contributed by atoms with Gasteiger partial charge in [-0.2, -0.15) is 0 Å². The van der Waals surface area contributed by atoms with Gasteiger partial charge in [0, 0.05) is 55.3 Å². The van der Waals surface area contributed by atoms with Crippen molar-refractivity contribution in [3.63, 3.8) is 0 Å². The Morgan fingerprint density at radius 1 is 1.15 bits per heavy atom. The molecular weight excluding hydrogens is 464 g/mol. The SMILES string of the molecule is COc1ccc(Cl)cc1CN1CCC(NC(=O)c2cc([N+](=O)[O-])c(NC(C)=O)cc2OC)CC1. The van der Waals surface area contributed by atoms with Gasteiger partial charge in [-0.25, -0.2) is 0 Å². The van der Waals surface area contributed by atoms with Crippen molar-refractivity contribution in [2.24, 2.45) is 0 Å². The average molecular weight is 491 g/mol. The van der Waals surface area contributed by atoms with Crippen molar-refractivity contribution >= 4 is 34.8 Å². The molecule has 0 spiro atoms. The van der Waals surface area contributed by atoms with E-state index in [1.165, 1.54) is 20.1 Å². The quantitative estimate of drug-likeness (QED) is 0.428. The molecule has 2 aromatic carbocycles. The molecule has 1 fully saturated rings. The van der Waals surface area contributed by atoms with Gasteiger partial charge in [-0.1, -0.05) is 11.6 Å². The fourth-order valence-corrected chi connectivity index (χ4v) is 4.16. The second-order valence-electron chi connectivity index (χ2n) is 7.99. The Bertz CT molecular complexity index is 1090. The van der Waals surface area contributed by atoms with Crippen molar-refractivity contribution in [2.75, 3.05) is 32.6 Å². The number of anilines is 1. The maximum absolute atomic E-state index is 12.9. The van der Waals surface area contributed by atoms with E-state index in [1.54, 1.807) is 13.2 Å². The highest BCUT2D eigenvalue weighted by molar-refractivity contribution is 6.30. The van der Waals surface area contributed by atoms with Crippen LogP contribution in [0.2, 0.25) is 5.02 Å². The predicted octanol–water partition coefficient (Wildman–Crippen LogP) is 3.62. The third-order valence-corrected chi connectivity index (χ3v) is 5.86. The van der Waals surface area contributed by atoms with Gasteiger partial charge in [0.2, 0.25) is 5.91 Å². The molecule has 0 atom stereocenters. The van der Waals surface area contributed by atoms with E-state index in [0.29, 0.717) is 24.4 Å². The lowest BCUT2D eigenvalue weighted by atomic mass is 10.0. The van der Waals surface area contributed by atoms with Crippen LogP contribution in [-0.4, -0.2) is 55.0 Å². The zero-order chi connectivity index (χ0) is 24.8. The molecule has 0 bridgehead atoms. The summed E-state index contributed by atoms with van der Waals surface area (Å²) in [4.78, 5) is 37.4. The van der Waals surface area contributed by atoms with Crippen LogP contribution >= 0.6 is 11.6 Å². The number of halogens is 1. The number of nitrogens with one attached hydrogen (secondary N) is 2. The summed E-state index contributed by atoms with van der Waals surface area (Å²) in [5.41, 5.74) is 0.616. The number of carbonyl (C=O) groups excluding carboxylic acids is 2. The van der Waals surface area contributed by atoms with Gasteiger partial charge in [0.25, 0.3) is 11.6 Å². The maximum atomic E-state index is 12.9. The Balaban J connectivity index is 1.67. The van der Waals surface area contributed by atoms with E-state index in [1.807, 2.05) is 12.1 Å². The van der Waals surface area contributed by atoms with E-state index in [-0.39, 0.29) is 28.7 Å². The number of likely N-dealkylation sites (tertiary alicyclic amines) is 1. The fourth-order valence-electron chi connectivity index (χ4n) is 3.97. The van der Waals surface area contributed by atoms with Gasteiger partial charge in [0.15, 0.2) is 0 Å². The molecule has 0 radical (unpaired) electrons. The zero-order valence-corrected chi connectivity index (χ0v) is 20.0. The number of methoxy groups -OCH3 is 2. The molecule has 0 saturated carbocycles. The monoisotopic (exact) mass is 490 g/mol. The molecule has 1 aliphatic rings. The third kappa shape index (κ3) is 6.15. The first kappa shape index (κ1) is 25.3. The second-order valence-corrected chi connectivity index (χ2v) is 8.42. The molecule has 34 heavy (non-hydrogen) atoms. The number of hydrogen-bond donors (Lipinski definition) is 2. The molecule has 1 aliphatic heterocycles. The van der Waals surface area contributed by atoms with E-state index in [4.69, 9.17) is 21.1 Å². The molecule has 1 heterocycles. The standard InChI is InChI=1S/C23H27ClN4O6/c1-14(29)25-19-12-22(34-3)18(11-20(19)28(31)32)23(30)26-17-6-8-27(9-7-17)13-15-10-16(24)4-5-21(15)33-2/h4-5,10-12,17H,6-9,13H2,1-3H3,(H,25,29)(H,26,30). The summed E-state index contributed by atoms with van der Waals surface area (Å²) in [6.45, 7) is 3.42. The fraction of sp³-hybridized carbons (Fsp3) is 0.391. The van der Waals surface area contributed by atoms with E-state index in [9.17, 15) is 19.7 Å². The van der Waals surface area contributed by atoms with Crippen LogP contribution in [0.25, 0.3) is 0 Å². The normalized spacial score (nSPS) is 14.4. The summed E-state index contributed by atoms with van der Waals surface area (Å²) < 4.78 is 10.7. The van der Waals surface area contributed by atoms with Crippen molar-refractivity contribution in [1.29, 1.82) is 0 Å². The van der Waals surface area contributed by atoms with Crippen molar-refractivity contribution in [3.8, 4) is 11.5 Å². The minimum atomic E-state index is -0.649. The first-order valence-corrected chi connectivity index (χ1v) is 11.1. The first-order chi connectivity index (χ1) is 16.2. The van der Waals surface area contributed by atoms with Crippen LogP contribution in [0.15, 0.2) is 30.3 Å². The van der Waals surface area contributed by atoms with Crippen LogP contribution in [0.1, 0.15) is 35.7 Å². The van der Waals surface area contributed by atoms with Crippen molar-refractivity contribution in [1.82, 2.24) is 10.2 Å². The van der Waals surface area contributed by atoms with E-state index >= 15 is 0 Å².